The number of benzene rings is 2. The molecule has 0 aliphatic rings. The third-order valence-electron chi connectivity index (χ3n) is 3.31. The number of terminal acetylenes is 1. The average Bonchev–Trinajstić information content (AvgIpc) is 2.65. The highest BCUT2D eigenvalue weighted by atomic mass is 16.6. The van der Waals surface area contributed by atoms with E-state index in [1.807, 2.05) is 31.2 Å². The highest BCUT2D eigenvalue weighted by molar-refractivity contribution is 5.91. The third kappa shape index (κ3) is 5.87. The SMILES string of the molecule is C#CCOc1ccc(/C=N/OCC(=O)Nc2ccc(C)cc2)cc1OC. The number of ether oxygens (including phenoxy) is 2. The number of rotatable bonds is 8. The van der Waals surface area contributed by atoms with Crippen molar-refractivity contribution in [3.05, 3.63) is 53.6 Å². The molecule has 6 heteroatoms. The van der Waals surface area contributed by atoms with Gasteiger partial charge in [0.15, 0.2) is 18.1 Å². The number of anilines is 1. The first-order chi connectivity index (χ1) is 12.6. The molecule has 2 rings (SSSR count). The summed E-state index contributed by atoms with van der Waals surface area (Å²) >= 11 is 0. The molecule has 0 unspecified atom stereocenters. The van der Waals surface area contributed by atoms with Gasteiger partial charge in [0.2, 0.25) is 0 Å². The summed E-state index contributed by atoms with van der Waals surface area (Å²) in [6.45, 7) is 1.94. The van der Waals surface area contributed by atoms with Crippen LogP contribution in [0, 0.1) is 19.3 Å². The number of carbonyl (C=O) groups is 1. The highest BCUT2D eigenvalue weighted by Crippen LogP contribution is 2.27. The van der Waals surface area contributed by atoms with Crippen LogP contribution in [0.25, 0.3) is 0 Å². The van der Waals surface area contributed by atoms with Gasteiger partial charge in [0, 0.05) is 11.3 Å². The highest BCUT2D eigenvalue weighted by Gasteiger charge is 2.05. The van der Waals surface area contributed by atoms with Gasteiger partial charge < -0.3 is 19.6 Å². The minimum atomic E-state index is -0.290. The van der Waals surface area contributed by atoms with E-state index in [0.29, 0.717) is 17.2 Å². The fourth-order valence-corrected chi connectivity index (χ4v) is 2.03. The normalized spacial score (nSPS) is 10.2. The van der Waals surface area contributed by atoms with E-state index in [1.54, 1.807) is 18.2 Å². The molecule has 0 spiro atoms. The molecule has 0 bridgehead atoms. The monoisotopic (exact) mass is 352 g/mol. The first-order valence-electron chi connectivity index (χ1n) is 7.88. The third-order valence-corrected chi connectivity index (χ3v) is 3.31. The molecule has 0 heterocycles. The van der Waals surface area contributed by atoms with Gasteiger partial charge in [-0.1, -0.05) is 28.8 Å². The fraction of sp³-hybridized carbons (Fsp3) is 0.200. The summed E-state index contributed by atoms with van der Waals surface area (Å²) in [6.07, 6.45) is 6.65. The van der Waals surface area contributed by atoms with E-state index < -0.39 is 0 Å². The van der Waals surface area contributed by atoms with Crippen LogP contribution in [-0.4, -0.2) is 32.4 Å². The number of nitrogens with zero attached hydrogens (tertiary/aromatic N) is 1. The van der Waals surface area contributed by atoms with E-state index in [9.17, 15) is 4.79 Å². The van der Waals surface area contributed by atoms with Crippen LogP contribution in [0.5, 0.6) is 11.5 Å². The van der Waals surface area contributed by atoms with Gasteiger partial charge in [-0.2, -0.15) is 0 Å². The van der Waals surface area contributed by atoms with Gasteiger partial charge in [0.1, 0.15) is 6.61 Å². The van der Waals surface area contributed by atoms with E-state index in [4.69, 9.17) is 20.7 Å². The Kier molecular flexibility index (Phi) is 7.07. The maximum atomic E-state index is 11.8. The standard InChI is InChI=1S/C20H20N2O4/c1-4-11-25-18-10-7-16(12-19(18)24-3)13-21-26-14-20(23)22-17-8-5-15(2)6-9-17/h1,5-10,12-13H,11,14H2,2-3H3,(H,22,23)/b21-13+. The van der Waals surface area contributed by atoms with Gasteiger partial charge in [0.25, 0.3) is 5.91 Å². The lowest BCUT2D eigenvalue weighted by atomic mass is 10.2. The van der Waals surface area contributed by atoms with Crippen LogP contribution in [0.2, 0.25) is 0 Å². The topological polar surface area (TPSA) is 69.2 Å². The van der Waals surface area contributed by atoms with Crippen molar-refractivity contribution in [2.45, 2.75) is 6.92 Å². The van der Waals surface area contributed by atoms with E-state index in [0.717, 1.165) is 11.1 Å². The molecule has 0 aliphatic heterocycles. The van der Waals surface area contributed by atoms with Crippen LogP contribution in [0.15, 0.2) is 47.6 Å². The van der Waals surface area contributed by atoms with Crippen molar-refractivity contribution in [2.24, 2.45) is 5.16 Å². The molecule has 6 nitrogen and oxygen atoms in total. The number of nitrogens with one attached hydrogen (secondary N) is 1. The molecule has 0 aromatic heterocycles. The number of amides is 1. The summed E-state index contributed by atoms with van der Waals surface area (Å²) in [5.41, 5.74) is 2.56. The molecular weight excluding hydrogens is 332 g/mol. The van der Waals surface area contributed by atoms with E-state index in [1.165, 1.54) is 13.3 Å². The lowest BCUT2D eigenvalue weighted by molar-refractivity contribution is -0.120. The van der Waals surface area contributed by atoms with Crippen LogP contribution in [-0.2, 0) is 9.63 Å². The van der Waals surface area contributed by atoms with Crippen molar-refractivity contribution in [1.29, 1.82) is 0 Å². The van der Waals surface area contributed by atoms with E-state index >= 15 is 0 Å². The fourth-order valence-electron chi connectivity index (χ4n) is 2.03. The zero-order valence-corrected chi connectivity index (χ0v) is 14.7. The molecule has 134 valence electrons. The minimum absolute atomic E-state index is 0.156. The second-order valence-electron chi connectivity index (χ2n) is 5.33. The van der Waals surface area contributed by atoms with Crippen molar-refractivity contribution in [3.63, 3.8) is 0 Å². The summed E-state index contributed by atoms with van der Waals surface area (Å²) in [5, 5.41) is 6.51. The summed E-state index contributed by atoms with van der Waals surface area (Å²) in [6, 6.07) is 12.7. The van der Waals surface area contributed by atoms with Gasteiger partial charge in [-0.15, -0.1) is 6.42 Å². The molecule has 0 saturated heterocycles. The lowest BCUT2D eigenvalue weighted by Crippen LogP contribution is -2.16. The van der Waals surface area contributed by atoms with E-state index in [-0.39, 0.29) is 19.1 Å². The second kappa shape index (κ2) is 9.74. The summed E-state index contributed by atoms with van der Waals surface area (Å²) in [7, 11) is 1.53. The van der Waals surface area contributed by atoms with Crippen molar-refractivity contribution in [2.75, 3.05) is 25.6 Å². The van der Waals surface area contributed by atoms with Crippen molar-refractivity contribution in [1.82, 2.24) is 0 Å². The van der Waals surface area contributed by atoms with Crippen LogP contribution in [0.1, 0.15) is 11.1 Å². The Morgan fingerprint density at radius 2 is 2.00 bits per heavy atom. The molecular formula is C20H20N2O4. The number of hydrogen-bond donors (Lipinski definition) is 1. The molecule has 1 amide bonds. The first-order valence-corrected chi connectivity index (χ1v) is 7.88. The van der Waals surface area contributed by atoms with Crippen molar-refractivity contribution in [3.8, 4) is 23.8 Å². The Hall–Kier alpha value is -3.46. The number of oxime groups is 1. The average molecular weight is 352 g/mol. The Morgan fingerprint density at radius 3 is 2.69 bits per heavy atom. The predicted octanol–water partition coefficient (Wildman–Crippen LogP) is 3.00. The van der Waals surface area contributed by atoms with Crippen LogP contribution in [0.3, 0.4) is 0 Å². The number of hydrogen-bond acceptors (Lipinski definition) is 5. The zero-order chi connectivity index (χ0) is 18.8. The Morgan fingerprint density at radius 1 is 1.23 bits per heavy atom. The van der Waals surface area contributed by atoms with Gasteiger partial charge in [-0.05, 0) is 37.3 Å². The van der Waals surface area contributed by atoms with E-state index in [2.05, 4.69) is 16.4 Å². The molecule has 2 aromatic rings. The lowest BCUT2D eigenvalue weighted by Gasteiger charge is -2.09. The Bertz CT molecular complexity index is 808. The molecule has 26 heavy (non-hydrogen) atoms. The van der Waals surface area contributed by atoms with Gasteiger partial charge in [-0.25, -0.2) is 0 Å². The Balaban J connectivity index is 1.85. The van der Waals surface area contributed by atoms with Gasteiger partial charge in [0.05, 0.1) is 13.3 Å². The number of aryl methyl sites for hydroxylation is 1. The predicted molar refractivity (Wildman–Crippen MR) is 101 cm³/mol. The smallest absolute Gasteiger partial charge is 0.265 e. The molecule has 1 N–H and O–H groups in total. The quantitative estimate of drug-likeness (QED) is 0.450. The minimum Gasteiger partial charge on any atom is -0.493 e. The molecule has 0 radical (unpaired) electrons. The van der Waals surface area contributed by atoms with Gasteiger partial charge in [-0.3, -0.25) is 4.79 Å². The molecule has 0 saturated carbocycles. The zero-order valence-electron chi connectivity index (χ0n) is 14.7. The molecule has 0 atom stereocenters. The van der Waals surface area contributed by atoms with Crippen LogP contribution < -0.4 is 14.8 Å². The second-order valence-corrected chi connectivity index (χ2v) is 5.33. The molecule has 2 aromatic carbocycles. The molecule has 0 fully saturated rings. The summed E-state index contributed by atoms with van der Waals surface area (Å²) in [4.78, 5) is 16.8. The molecule has 0 aliphatic carbocycles. The van der Waals surface area contributed by atoms with Crippen LogP contribution >= 0.6 is 0 Å². The summed E-state index contributed by atoms with van der Waals surface area (Å²) in [5.74, 6) is 3.17. The number of carbonyl (C=O) groups excluding carboxylic acids is 1. The first kappa shape index (κ1) is 18.9. The van der Waals surface area contributed by atoms with Crippen LogP contribution in [0.4, 0.5) is 5.69 Å². The van der Waals surface area contributed by atoms with Crippen molar-refractivity contribution < 1.29 is 19.1 Å². The Labute approximate surface area is 152 Å². The summed E-state index contributed by atoms with van der Waals surface area (Å²) < 4.78 is 10.6. The number of methoxy groups -OCH3 is 1. The largest absolute Gasteiger partial charge is 0.493 e. The van der Waals surface area contributed by atoms with Crippen molar-refractivity contribution >= 4 is 17.8 Å². The maximum absolute atomic E-state index is 11.8. The van der Waals surface area contributed by atoms with Gasteiger partial charge >= 0.3 is 0 Å². The maximum Gasteiger partial charge on any atom is 0.265 e.